The maximum Gasteiger partial charge on any atom is 0.416 e. The van der Waals surface area contributed by atoms with Gasteiger partial charge in [-0.2, -0.15) is 13.2 Å². The van der Waals surface area contributed by atoms with E-state index in [0.717, 1.165) is 12.1 Å². The van der Waals surface area contributed by atoms with E-state index in [0.29, 0.717) is 11.8 Å². The summed E-state index contributed by atoms with van der Waals surface area (Å²) in [4.78, 5) is 7.62. The van der Waals surface area contributed by atoms with Gasteiger partial charge in [-0.3, -0.25) is 0 Å². The Morgan fingerprint density at radius 2 is 1.95 bits per heavy atom. The Bertz CT molecular complexity index is 555. The van der Waals surface area contributed by atoms with E-state index >= 15 is 0 Å². The first-order valence-corrected chi connectivity index (χ1v) is 5.32. The van der Waals surface area contributed by atoms with Crippen LogP contribution in [0.3, 0.4) is 0 Å². The van der Waals surface area contributed by atoms with Crippen molar-refractivity contribution in [2.45, 2.75) is 12.7 Å². The lowest BCUT2D eigenvalue weighted by molar-refractivity contribution is -0.137. The van der Waals surface area contributed by atoms with Crippen LogP contribution in [0.2, 0.25) is 0 Å². The number of alkyl halides is 3. The van der Waals surface area contributed by atoms with Crippen molar-refractivity contribution in [3.8, 4) is 0 Å². The summed E-state index contributed by atoms with van der Waals surface area (Å²) in [6, 6.07) is 3.96. The first-order valence-electron chi connectivity index (χ1n) is 5.32. The van der Waals surface area contributed by atoms with E-state index in [1.165, 1.54) is 12.5 Å². The van der Waals surface area contributed by atoms with Gasteiger partial charge < -0.3 is 5.32 Å². The molecular formula is C12H9F4N3. The van der Waals surface area contributed by atoms with Crippen molar-refractivity contribution in [2.24, 2.45) is 0 Å². The number of halogens is 4. The molecule has 2 rings (SSSR count). The molecule has 0 unspecified atom stereocenters. The van der Waals surface area contributed by atoms with E-state index in [9.17, 15) is 17.6 Å². The minimum absolute atomic E-state index is 0.00777. The second kappa shape index (κ2) is 5.21. The SMILES string of the molecule is Fc1cc(C(F)(F)F)ccc1NCc1ccncn1. The van der Waals surface area contributed by atoms with Crippen molar-refractivity contribution in [3.05, 3.63) is 53.9 Å². The fourth-order valence-corrected chi connectivity index (χ4v) is 1.44. The molecule has 0 aliphatic heterocycles. The Balaban J connectivity index is 2.10. The highest BCUT2D eigenvalue weighted by atomic mass is 19.4. The first kappa shape index (κ1) is 13.3. The summed E-state index contributed by atoms with van der Waals surface area (Å²) < 4.78 is 50.5. The number of nitrogens with one attached hydrogen (secondary N) is 1. The van der Waals surface area contributed by atoms with E-state index in [-0.39, 0.29) is 12.2 Å². The molecule has 0 bridgehead atoms. The first-order chi connectivity index (χ1) is 8.97. The Kier molecular flexibility index (Phi) is 3.64. The van der Waals surface area contributed by atoms with Crippen LogP contribution in [-0.2, 0) is 12.7 Å². The number of hydrogen-bond donors (Lipinski definition) is 1. The molecule has 2 aromatic rings. The lowest BCUT2D eigenvalue weighted by Gasteiger charge is -2.10. The summed E-state index contributed by atoms with van der Waals surface area (Å²) in [6.07, 6.45) is -1.70. The molecule has 19 heavy (non-hydrogen) atoms. The highest BCUT2D eigenvalue weighted by molar-refractivity contribution is 5.47. The topological polar surface area (TPSA) is 37.8 Å². The average molecular weight is 271 g/mol. The van der Waals surface area contributed by atoms with E-state index in [4.69, 9.17) is 0 Å². The Morgan fingerprint density at radius 3 is 2.53 bits per heavy atom. The molecule has 3 nitrogen and oxygen atoms in total. The van der Waals surface area contributed by atoms with Gasteiger partial charge in [-0.15, -0.1) is 0 Å². The fraction of sp³-hybridized carbons (Fsp3) is 0.167. The van der Waals surface area contributed by atoms with E-state index < -0.39 is 17.6 Å². The van der Waals surface area contributed by atoms with Gasteiger partial charge >= 0.3 is 6.18 Å². The van der Waals surface area contributed by atoms with E-state index in [2.05, 4.69) is 15.3 Å². The van der Waals surface area contributed by atoms with Crippen LogP contribution in [0.5, 0.6) is 0 Å². The Hall–Kier alpha value is -2.18. The van der Waals surface area contributed by atoms with Crippen molar-refractivity contribution < 1.29 is 17.6 Å². The highest BCUT2D eigenvalue weighted by Gasteiger charge is 2.31. The van der Waals surface area contributed by atoms with Crippen LogP contribution < -0.4 is 5.32 Å². The minimum Gasteiger partial charge on any atom is -0.377 e. The predicted octanol–water partition coefficient (Wildman–Crippen LogP) is 3.25. The molecule has 1 aromatic heterocycles. The van der Waals surface area contributed by atoms with Crippen molar-refractivity contribution in [2.75, 3.05) is 5.32 Å². The van der Waals surface area contributed by atoms with Crippen LogP contribution in [0.15, 0.2) is 36.8 Å². The summed E-state index contributed by atoms with van der Waals surface area (Å²) in [5.74, 6) is -0.955. The zero-order chi connectivity index (χ0) is 13.9. The van der Waals surface area contributed by atoms with Gasteiger partial charge in [0, 0.05) is 6.20 Å². The molecule has 0 spiro atoms. The number of rotatable bonds is 3. The number of aromatic nitrogens is 2. The predicted molar refractivity (Wildman–Crippen MR) is 60.8 cm³/mol. The smallest absolute Gasteiger partial charge is 0.377 e. The molecule has 0 aliphatic rings. The van der Waals surface area contributed by atoms with Crippen LogP contribution in [0.25, 0.3) is 0 Å². The molecule has 0 atom stereocenters. The normalized spacial score (nSPS) is 11.4. The van der Waals surface area contributed by atoms with Gasteiger partial charge in [-0.1, -0.05) is 0 Å². The van der Waals surface area contributed by atoms with Crippen molar-refractivity contribution in [3.63, 3.8) is 0 Å². The molecule has 0 saturated carbocycles. The maximum atomic E-state index is 13.5. The molecule has 1 heterocycles. The molecule has 0 saturated heterocycles. The Labute approximate surface area is 106 Å². The summed E-state index contributed by atoms with van der Waals surface area (Å²) in [5, 5.41) is 2.68. The number of hydrogen-bond acceptors (Lipinski definition) is 3. The van der Waals surface area contributed by atoms with Crippen molar-refractivity contribution >= 4 is 5.69 Å². The summed E-state index contributed by atoms with van der Waals surface area (Å²) >= 11 is 0. The summed E-state index contributed by atoms with van der Waals surface area (Å²) in [5.41, 5.74) is -0.418. The van der Waals surface area contributed by atoms with Crippen LogP contribution in [-0.4, -0.2) is 9.97 Å². The monoisotopic (exact) mass is 271 g/mol. The summed E-state index contributed by atoms with van der Waals surface area (Å²) in [6.45, 7) is 0.199. The number of nitrogens with zero attached hydrogens (tertiary/aromatic N) is 2. The summed E-state index contributed by atoms with van der Waals surface area (Å²) in [7, 11) is 0. The third kappa shape index (κ3) is 3.40. The zero-order valence-corrected chi connectivity index (χ0v) is 9.58. The molecule has 0 radical (unpaired) electrons. The molecule has 1 aromatic carbocycles. The van der Waals surface area contributed by atoms with E-state index in [1.54, 1.807) is 6.07 Å². The molecular weight excluding hydrogens is 262 g/mol. The molecule has 0 aliphatic carbocycles. The molecule has 1 N–H and O–H groups in total. The van der Waals surface area contributed by atoms with Crippen LogP contribution >= 0.6 is 0 Å². The molecule has 0 fully saturated rings. The highest BCUT2D eigenvalue weighted by Crippen LogP contribution is 2.31. The molecule has 7 heteroatoms. The molecule has 100 valence electrons. The van der Waals surface area contributed by atoms with Gasteiger partial charge in [-0.25, -0.2) is 14.4 Å². The van der Waals surface area contributed by atoms with Crippen LogP contribution in [0.4, 0.5) is 23.2 Å². The van der Waals surface area contributed by atoms with Gasteiger partial charge in [0.1, 0.15) is 12.1 Å². The lowest BCUT2D eigenvalue weighted by atomic mass is 10.2. The maximum absolute atomic E-state index is 13.5. The third-order valence-corrected chi connectivity index (χ3v) is 2.40. The Morgan fingerprint density at radius 1 is 1.16 bits per heavy atom. The number of benzene rings is 1. The van der Waals surface area contributed by atoms with Gasteiger partial charge in [-0.05, 0) is 24.3 Å². The van der Waals surface area contributed by atoms with Gasteiger partial charge in [0.2, 0.25) is 0 Å². The van der Waals surface area contributed by atoms with E-state index in [1.807, 2.05) is 0 Å². The van der Waals surface area contributed by atoms with Crippen LogP contribution in [0.1, 0.15) is 11.3 Å². The second-order valence-corrected chi connectivity index (χ2v) is 3.75. The average Bonchev–Trinajstić information content (AvgIpc) is 2.37. The van der Waals surface area contributed by atoms with Crippen molar-refractivity contribution in [1.82, 2.24) is 9.97 Å². The van der Waals surface area contributed by atoms with Crippen LogP contribution in [0, 0.1) is 5.82 Å². The van der Waals surface area contributed by atoms with Gasteiger partial charge in [0.25, 0.3) is 0 Å². The second-order valence-electron chi connectivity index (χ2n) is 3.75. The van der Waals surface area contributed by atoms with Gasteiger partial charge in [0.15, 0.2) is 0 Å². The lowest BCUT2D eigenvalue weighted by Crippen LogP contribution is -2.08. The molecule has 0 amide bonds. The quantitative estimate of drug-likeness (QED) is 0.871. The fourth-order valence-electron chi connectivity index (χ4n) is 1.44. The third-order valence-electron chi connectivity index (χ3n) is 2.40. The zero-order valence-electron chi connectivity index (χ0n) is 9.58. The standard InChI is InChI=1S/C12H9F4N3/c13-10-5-8(12(14,15)16)1-2-11(10)18-6-9-3-4-17-7-19-9/h1-5,7,18H,6H2. The largest absolute Gasteiger partial charge is 0.416 e. The number of anilines is 1. The van der Waals surface area contributed by atoms with Crippen molar-refractivity contribution in [1.29, 1.82) is 0 Å². The minimum atomic E-state index is -4.55. The van der Waals surface area contributed by atoms with Gasteiger partial charge in [0.05, 0.1) is 23.5 Å².